The Kier molecular flexibility index (Phi) is 4.69. The lowest BCUT2D eigenvalue weighted by Crippen LogP contribution is -2.29. The van der Waals surface area contributed by atoms with E-state index in [1.807, 2.05) is 0 Å². The summed E-state index contributed by atoms with van der Waals surface area (Å²) in [7, 11) is 0. The van der Waals surface area contributed by atoms with Crippen LogP contribution in [0.5, 0.6) is 0 Å². The zero-order valence-corrected chi connectivity index (χ0v) is 12.2. The second kappa shape index (κ2) is 6.30. The van der Waals surface area contributed by atoms with Gasteiger partial charge < -0.3 is 5.32 Å². The molecule has 2 unspecified atom stereocenters. The molecule has 0 spiro atoms. The molecule has 7 heteroatoms. The van der Waals surface area contributed by atoms with Gasteiger partial charge in [-0.1, -0.05) is 15.9 Å². The molecule has 0 aromatic heterocycles. The zero-order chi connectivity index (χ0) is 14.7. The van der Waals surface area contributed by atoms with Gasteiger partial charge in [0, 0.05) is 17.4 Å². The number of rotatable bonds is 4. The molecule has 1 saturated carbocycles. The highest BCUT2D eigenvalue weighted by Gasteiger charge is 2.23. The summed E-state index contributed by atoms with van der Waals surface area (Å²) in [5, 5.41) is 13.2. The van der Waals surface area contributed by atoms with E-state index in [1.54, 1.807) is 0 Å². The van der Waals surface area contributed by atoms with Crippen molar-refractivity contribution in [3.8, 4) is 0 Å². The van der Waals surface area contributed by atoms with Gasteiger partial charge >= 0.3 is 0 Å². The first-order valence-electron chi connectivity index (χ1n) is 6.33. The molecule has 2 atom stereocenters. The minimum absolute atomic E-state index is 0.163. The van der Waals surface area contributed by atoms with E-state index in [9.17, 15) is 19.3 Å². The third-order valence-corrected chi connectivity index (χ3v) is 4.27. The molecule has 0 heterocycles. The predicted molar refractivity (Wildman–Crippen MR) is 75.4 cm³/mol. The molecule has 0 radical (unpaired) electrons. The Morgan fingerprint density at radius 1 is 1.50 bits per heavy atom. The van der Waals surface area contributed by atoms with Crippen LogP contribution < -0.4 is 5.32 Å². The average molecular weight is 345 g/mol. The molecule has 1 amide bonds. The smallest absolute Gasteiger partial charge is 0.272 e. The summed E-state index contributed by atoms with van der Waals surface area (Å²) in [4.78, 5) is 22.1. The highest BCUT2D eigenvalue weighted by atomic mass is 79.9. The van der Waals surface area contributed by atoms with Crippen LogP contribution in [-0.2, 0) is 0 Å². The normalized spacial score (nSPS) is 21.7. The number of nitro groups is 1. The quantitative estimate of drug-likeness (QED) is 0.518. The molecule has 1 aliphatic carbocycles. The van der Waals surface area contributed by atoms with E-state index >= 15 is 0 Å². The summed E-state index contributed by atoms with van der Waals surface area (Å²) in [6, 6.07) is 3.03. The maximum atomic E-state index is 13.7. The van der Waals surface area contributed by atoms with Crippen molar-refractivity contribution in [2.45, 2.75) is 24.1 Å². The van der Waals surface area contributed by atoms with Crippen molar-refractivity contribution in [1.29, 1.82) is 0 Å². The van der Waals surface area contributed by atoms with Gasteiger partial charge in [-0.2, -0.15) is 0 Å². The molecule has 0 saturated heterocycles. The standard InChI is InChI=1S/C13H14BrFN2O3/c14-9-2-1-8(5-9)7-16-13(18)11-4-3-10(17(19)20)6-12(11)15/h3-4,6,8-9H,1-2,5,7H2,(H,16,18). The summed E-state index contributed by atoms with van der Waals surface area (Å²) in [6.45, 7) is 0.497. The number of nitrogens with zero attached hydrogens (tertiary/aromatic N) is 1. The van der Waals surface area contributed by atoms with Gasteiger partial charge in [0.05, 0.1) is 16.6 Å². The first kappa shape index (κ1) is 14.9. The Morgan fingerprint density at radius 2 is 2.25 bits per heavy atom. The fourth-order valence-electron chi connectivity index (χ4n) is 2.33. The zero-order valence-electron chi connectivity index (χ0n) is 10.6. The summed E-state index contributed by atoms with van der Waals surface area (Å²) in [5.41, 5.74) is -0.527. The molecule has 1 aromatic rings. The molecule has 1 N–H and O–H groups in total. The average Bonchev–Trinajstić information content (AvgIpc) is 2.81. The maximum Gasteiger partial charge on any atom is 0.272 e. The molecular formula is C13H14BrFN2O3. The monoisotopic (exact) mass is 344 g/mol. The summed E-state index contributed by atoms with van der Waals surface area (Å²) < 4.78 is 13.7. The number of hydrogen-bond acceptors (Lipinski definition) is 3. The topological polar surface area (TPSA) is 72.2 Å². The highest BCUT2D eigenvalue weighted by molar-refractivity contribution is 9.09. The first-order chi connectivity index (χ1) is 9.47. The molecule has 0 aliphatic heterocycles. The first-order valence-corrected chi connectivity index (χ1v) is 7.25. The second-order valence-electron chi connectivity index (χ2n) is 4.91. The van der Waals surface area contributed by atoms with E-state index in [0.29, 0.717) is 17.3 Å². The van der Waals surface area contributed by atoms with Gasteiger partial charge in [-0.3, -0.25) is 14.9 Å². The lowest BCUT2D eigenvalue weighted by molar-refractivity contribution is -0.385. The van der Waals surface area contributed by atoms with E-state index in [4.69, 9.17) is 0 Å². The van der Waals surface area contributed by atoms with E-state index in [2.05, 4.69) is 21.2 Å². The number of benzene rings is 1. The number of hydrogen-bond donors (Lipinski definition) is 1. The third kappa shape index (κ3) is 3.53. The Balaban J connectivity index is 1.97. The highest BCUT2D eigenvalue weighted by Crippen LogP contribution is 2.30. The van der Waals surface area contributed by atoms with Crippen LogP contribution in [0, 0.1) is 21.8 Å². The fourth-order valence-corrected chi connectivity index (χ4v) is 3.13. The van der Waals surface area contributed by atoms with Crippen LogP contribution in [0.25, 0.3) is 0 Å². The molecule has 1 fully saturated rings. The Bertz CT molecular complexity index is 538. The molecular weight excluding hydrogens is 331 g/mol. The van der Waals surface area contributed by atoms with Crippen LogP contribution in [0.1, 0.15) is 29.6 Å². The van der Waals surface area contributed by atoms with E-state index in [0.717, 1.165) is 37.5 Å². The minimum Gasteiger partial charge on any atom is -0.352 e. The van der Waals surface area contributed by atoms with Crippen LogP contribution in [0.4, 0.5) is 10.1 Å². The van der Waals surface area contributed by atoms with Gasteiger partial charge in [0.25, 0.3) is 11.6 Å². The number of carbonyl (C=O) groups is 1. The van der Waals surface area contributed by atoms with Gasteiger partial charge in [-0.25, -0.2) is 4.39 Å². The van der Waals surface area contributed by atoms with Crippen LogP contribution in [0.15, 0.2) is 18.2 Å². The van der Waals surface area contributed by atoms with Crippen LogP contribution >= 0.6 is 15.9 Å². The van der Waals surface area contributed by atoms with E-state index in [1.165, 1.54) is 0 Å². The molecule has 1 aliphatic rings. The number of non-ortho nitro benzene ring substituents is 1. The van der Waals surface area contributed by atoms with Crippen LogP contribution in [-0.4, -0.2) is 22.2 Å². The number of halogens is 2. The molecule has 1 aromatic carbocycles. The number of alkyl halides is 1. The van der Waals surface area contributed by atoms with Crippen molar-refractivity contribution in [3.05, 3.63) is 39.7 Å². The number of amides is 1. The lowest BCUT2D eigenvalue weighted by Gasteiger charge is -2.11. The SMILES string of the molecule is O=C(NCC1CCC(Br)C1)c1ccc([N+](=O)[O-])cc1F. The largest absolute Gasteiger partial charge is 0.352 e. The molecule has 0 bridgehead atoms. The second-order valence-corrected chi connectivity index (χ2v) is 6.20. The Hall–Kier alpha value is -1.50. The Morgan fingerprint density at radius 3 is 2.80 bits per heavy atom. The fraction of sp³-hybridized carbons (Fsp3) is 0.462. The van der Waals surface area contributed by atoms with Gasteiger partial charge in [0.2, 0.25) is 0 Å². The number of carbonyl (C=O) groups excluding carboxylic acids is 1. The number of nitro benzene ring substituents is 1. The van der Waals surface area contributed by atoms with Crippen molar-refractivity contribution < 1.29 is 14.1 Å². The van der Waals surface area contributed by atoms with Crippen molar-refractivity contribution in [2.24, 2.45) is 5.92 Å². The van der Waals surface area contributed by atoms with Crippen molar-refractivity contribution in [2.75, 3.05) is 6.54 Å². The van der Waals surface area contributed by atoms with Gasteiger partial charge in [0.1, 0.15) is 5.82 Å². The van der Waals surface area contributed by atoms with Gasteiger partial charge in [0.15, 0.2) is 0 Å². The van der Waals surface area contributed by atoms with E-state index in [-0.39, 0.29) is 11.3 Å². The molecule has 108 valence electrons. The maximum absolute atomic E-state index is 13.7. The third-order valence-electron chi connectivity index (χ3n) is 3.44. The summed E-state index contributed by atoms with van der Waals surface area (Å²) >= 11 is 3.53. The summed E-state index contributed by atoms with van der Waals surface area (Å²) in [5.74, 6) is -1.01. The number of nitrogens with one attached hydrogen (secondary N) is 1. The summed E-state index contributed by atoms with van der Waals surface area (Å²) in [6.07, 6.45) is 3.09. The molecule has 2 rings (SSSR count). The van der Waals surface area contributed by atoms with Crippen LogP contribution in [0.2, 0.25) is 0 Å². The Labute approximate surface area is 123 Å². The van der Waals surface area contributed by atoms with E-state index < -0.39 is 16.6 Å². The van der Waals surface area contributed by atoms with Crippen molar-refractivity contribution in [3.63, 3.8) is 0 Å². The predicted octanol–water partition coefficient (Wildman–Crippen LogP) is 3.03. The van der Waals surface area contributed by atoms with Gasteiger partial charge in [-0.15, -0.1) is 0 Å². The van der Waals surface area contributed by atoms with Gasteiger partial charge in [-0.05, 0) is 31.2 Å². The van der Waals surface area contributed by atoms with Crippen LogP contribution in [0.3, 0.4) is 0 Å². The lowest BCUT2D eigenvalue weighted by atomic mass is 10.1. The van der Waals surface area contributed by atoms with Crippen molar-refractivity contribution >= 4 is 27.5 Å². The van der Waals surface area contributed by atoms with Crippen molar-refractivity contribution in [1.82, 2.24) is 5.32 Å². The molecule has 5 nitrogen and oxygen atoms in total. The minimum atomic E-state index is -0.874. The molecule has 20 heavy (non-hydrogen) atoms.